The van der Waals surface area contributed by atoms with Gasteiger partial charge in [-0.1, -0.05) is 28.9 Å². The summed E-state index contributed by atoms with van der Waals surface area (Å²) in [6, 6.07) is 9.36. The smallest absolute Gasteiger partial charge is 0.166 e. The molecule has 0 fully saturated rings. The summed E-state index contributed by atoms with van der Waals surface area (Å²) < 4.78 is 33.4. The predicted molar refractivity (Wildman–Crippen MR) is 82.2 cm³/mol. The van der Waals surface area contributed by atoms with Gasteiger partial charge in [-0.2, -0.15) is 0 Å². The minimum absolute atomic E-state index is 0.00957. The van der Waals surface area contributed by atoms with Crippen LogP contribution < -0.4 is 10.1 Å². The van der Waals surface area contributed by atoms with Crippen molar-refractivity contribution in [3.8, 4) is 5.75 Å². The van der Waals surface area contributed by atoms with E-state index in [1.807, 2.05) is 6.92 Å². The third kappa shape index (κ3) is 4.51. The average molecular weight is 356 g/mol. The van der Waals surface area contributed by atoms with E-state index >= 15 is 0 Å². The number of benzene rings is 2. The fraction of sp³-hybridized carbons (Fsp3) is 0.250. The predicted octanol–water partition coefficient (Wildman–Crippen LogP) is 4.42. The van der Waals surface area contributed by atoms with Crippen LogP contribution in [-0.4, -0.2) is 6.54 Å². The van der Waals surface area contributed by atoms with Crippen molar-refractivity contribution in [2.45, 2.75) is 20.1 Å². The van der Waals surface area contributed by atoms with Crippen LogP contribution in [0.1, 0.15) is 18.1 Å². The Bertz CT molecular complexity index is 619. The Balaban J connectivity index is 2.08. The lowest BCUT2D eigenvalue weighted by Gasteiger charge is -2.10. The largest absolute Gasteiger partial charge is 0.486 e. The van der Waals surface area contributed by atoms with Gasteiger partial charge in [-0.3, -0.25) is 0 Å². The molecule has 0 amide bonds. The van der Waals surface area contributed by atoms with E-state index in [9.17, 15) is 8.78 Å². The maximum atomic E-state index is 13.8. The Labute approximate surface area is 131 Å². The van der Waals surface area contributed by atoms with E-state index in [4.69, 9.17) is 4.74 Å². The summed E-state index contributed by atoms with van der Waals surface area (Å²) in [5, 5.41) is 3.17. The molecule has 2 aromatic rings. The van der Waals surface area contributed by atoms with E-state index in [0.717, 1.165) is 12.1 Å². The fourth-order valence-electron chi connectivity index (χ4n) is 1.87. The quantitative estimate of drug-likeness (QED) is 0.828. The van der Waals surface area contributed by atoms with Crippen molar-refractivity contribution in [2.75, 3.05) is 6.54 Å². The van der Waals surface area contributed by atoms with Gasteiger partial charge in [0.15, 0.2) is 11.6 Å². The highest BCUT2D eigenvalue weighted by atomic mass is 79.9. The van der Waals surface area contributed by atoms with Crippen LogP contribution in [0.3, 0.4) is 0 Å². The normalized spacial score (nSPS) is 10.7. The molecule has 0 bridgehead atoms. The van der Waals surface area contributed by atoms with Crippen LogP contribution in [0.15, 0.2) is 40.9 Å². The van der Waals surface area contributed by atoms with E-state index in [1.165, 1.54) is 18.2 Å². The molecule has 112 valence electrons. The van der Waals surface area contributed by atoms with Gasteiger partial charge in [0.1, 0.15) is 12.4 Å². The van der Waals surface area contributed by atoms with Crippen LogP contribution in [-0.2, 0) is 13.2 Å². The second-order valence-electron chi connectivity index (χ2n) is 4.57. The van der Waals surface area contributed by atoms with E-state index in [0.29, 0.717) is 16.6 Å². The SMILES string of the molecule is CCNCc1ccc(F)c(COc2ccc(Br)cc2F)c1. The summed E-state index contributed by atoms with van der Waals surface area (Å²) in [4.78, 5) is 0. The van der Waals surface area contributed by atoms with Crippen molar-refractivity contribution in [1.29, 1.82) is 0 Å². The summed E-state index contributed by atoms with van der Waals surface area (Å²) in [7, 11) is 0. The topological polar surface area (TPSA) is 21.3 Å². The van der Waals surface area contributed by atoms with E-state index < -0.39 is 5.82 Å². The first kappa shape index (κ1) is 15.9. The number of nitrogens with one attached hydrogen (secondary N) is 1. The Morgan fingerprint density at radius 3 is 2.62 bits per heavy atom. The zero-order chi connectivity index (χ0) is 15.2. The van der Waals surface area contributed by atoms with Gasteiger partial charge in [0.2, 0.25) is 0 Å². The Hall–Kier alpha value is -1.46. The van der Waals surface area contributed by atoms with Gasteiger partial charge in [0.05, 0.1) is 0 Å². The molecule has 0 aromatic heterocycles. The molecular formula is C16H16BrF2NO. The van der Waals surface area contributed by atoms with Gasteiger partial charge in [-0.05, 0) is 42.4 Å². The maximum Gasteiger partial charge on any atom is 0.166 e. The third-order valence-electron chi connectivity index (χ3n) is 2.97. The highest BCUT2D eigenvalue weighted by molar-refractivity contribution is 9.10. The van der Waals surface area contributed by atoms with Crippen LogP contribution in [0.2, 0.25) is 0 Å². The zero-order valence-electron chi connectivity index (χ0n) is 11.6. The maximum absolute atomic E-state index is 13.8. The third-order valence-corrected chi connectivity index (χ3v) is 3.46. The first-order valence-electron chi connectivity index (χ1n) is 6.66. The van der Waals surface area contributed by atoms with Crippen LogP contribution in [0, 0.1) is 11.6 Å². The zero-order valence-corrected chi connectivity index (χ0v) is 13.2. The Morgan fingerprint density at radius 2 is 1.90 bits per heavy atom. The second-order valence-corrected chi connectivity index (χ2v) is 5.49. The summed E-state index contributed by atoms with van der Waals surface area (Å²) in [5.74, 6) is -0.726. The lowest BCUT2D eigenvalue weighted by Crippen LogP contribution is -2.12. The van der Waals surface area contributed by atoms with E-state index in [-0.39, 0.29) is 18.2 Å². The minimum atomic E-state index is -0.478. The van der Waals surface area contributed by atoms with Gasteiger partial charge < -0.3 is 10.1 Å². The van der Waals surface area contributed by atoms with Gasteiger partial charge in [0, 0.05) is 16.6 Å². The van der Waals surface area contributed by atoms with Gasteiger partial charge in [-0.25, -0.2) is 8.78 Å². The summed E-state index contributed by atoms with van der Waals surface area (Å²) in [6.07, 6.45) is 0. The lowest BCUT2D eigenvalue weighted by molar-refractivity contribution is 0.284. The lowest BCUT2D eigenvalue weighted by atomic mass is 10.1. The van der Waals surface area contributed by atoms with Crippen molar-refractivity contribution in [1.82, 2.24) is 5.32 Å². The molecule has 0 aliphatic carbocycles. The average Bonchev–Trinajstić information content (AvgIpc) is 2.46. The minimum Gasteiger partial charge on any atom is -0.486 e. The number of hydrogen-bond donors (Lipinski definition) is 1. The molecule has 2 aromatic carbocycles. The molecule has 21 heavy (non-hydrogen) atoms. The van der Waals surface area contributed by atoms with Crippen molar-refractivity contribution in [2.24, 2.45) is 0 Å². The second kappa shape index (κ2) is 7.52. The van der Waals surface area contributed by atoms with Crippen LogP contribution in [0.4, 0.5) is 8.78 Å². The highest BCUT2D eigenvalue weighted by Crippen LogP contribution is 2.23. The van der Waals surface area contributed by atoms with E-state index in [2.05, 4.69) is 21.2 Å². The molecular weight excluding hydrogens is 340 g/mol. The molecule has 2 nitrogen and oxygen atoms in total. The molecule has 0 heterocycles. The monoisotopic (exact) mass is 355 g/mol. The van der Waals surface area contributed by atoms with Crippen molar-refractivity contribution in [3.05, 3.63) is 63.6 Å². The van der Waals surface area contributed by atoms with Crippen molar-refractivity contribution in [3.63, 3.8) is 0 Å². The summed E-state index contributed by atoms with van der Waals surface area (Å²) in [6.45, 7) is 3.50. The number of rotatable bonds is 6. The summed E-state index contributed by atoms with van der Waals surface area (Å²) >= 11 is 3.17. The molecule has 0 unspecified atom stereocenters. The number of halogens is 3. The Morgan fingerprint density at radius 1 is 1.10 bits per heavy atom. The molecule has 0 saturated heterocycles. The van der Waals surface area contributed by atoms with Crippen molar-refractivity contribution < 1.29 is 13.5 Å². The summed E-state index contributed by atoms with van der Waals surface area (Å²) in [5.41, 5.74) is 1.38. The molecule has 0 saturated carbocycles. The first-order chi connectivity index (χ1) is 10.1. The molecule has 2 rings (SSSR count). The molecule has 0 aliphatic rings. The van der Waals surface area contributed by atoms with Crippen molar-refractivity contribution >= 4 is 15.9 Å². The van der Waals surface area contributed by atoms with Gasteiger partial charge in [-0.15, -0.1) is 0 Å². The molecule has 1 N–H and O–H groups in total. The van der Waals surface area contributed by atoms with Gasteiger partial charge in [0.25, 0.3) is 0 Å². The molecule has 0 radical (unpaired) electrons. The molecule has 0 spiro atoms. The first-order valence-corrected chi connectivity index (χ1v) is 7.45. The van der Waals surface area contributed by atoms with Crippen LogP contribution in [0.5, 0.6) is 5.75 Å². The van der Waals surface area contributed by atoms with E-state index in [1.54, 1.807) is 18.2 Å². The molecule has 5 heteroatoms. The van der Waals surface area contributed by atoms with Crippen LogP contribution >= 0.6 is 15.9 Å². The van der Waals surface area contributed by atoms with Crippen LogP contribution in [0.25, 0.3) is 0 Å². The number of ether oxygens (including phenoxy) is 1. The Kier molecular flexibility index (Phi) is 5.70. The molecule has 0 aliphatic heterocycles. The molecule has 0 atom stereocenters. The standard InChI is InChI=1S/C16H16BrF2NO/c1-2-20-9-11-3-5-14(18)12(7-11)10-21-16-6-4-13(17)8-15(16)19/h3-8,20H,2,9-10H2,1H3. The van der Waals surface area contributed by atoms with Gasteiger partial charge >= 0.3 is 0 Å². The highest BCUT2D eigenvalue weighted by Gasteiger charge is 2.08. The fourth-order valence-corrected chi connectivity index (χ4v) is 2.20. The number of hydrogen-bond acceptors (Lipinski definition) is 2.